The van der Waals surface area contributed by atoms with Gasteiger partial charge >= 0.3 is 0 Å². The number of benzene rings is 2. The minimum Gasteiger partial charge on any atom is -0.492 e. The molecule has 1 heterocycles. The molecule has 0 unspecified atom stereocenters. The van der Waals surface area contributed by atoms with E-state index in [0.717, 1.165) is 0 Å². The lowest BCUT2D eigenvalue weighted by Gasteiger charge is -2.18. The van der Waals surface area contributed by atoms with Gasteiger partial charge in [0.05, 0.1) is 25.4 Å². The Bertz CT molecular complexity index is 1040. The van der Waals surface area contributed by atoms with Crippen LogP contribution in [0.25, 0.3) is 0 Å². The Labute approximate surface area is 182 Å². The summed E-state index contributed by atoms with van der Waals surface area (Å²) in [5, 5.41) is 14.9. The summed E-state index contributed by atoms with van der Waals surface area (Å²) in [5.74, 6) is 0.767. The Kier molecular flexibility index (Phi) is 6.81. The molecule has 1 aliphatic heterocycles. The highest BCUT2D eigenvalue weighted by Gasteiger charge is 2.31. The van der Waals surface area contributed by atoms with Gasteiger partial charge in [-0.25, -0.2) is 5.43 Å². The van der Waals surface area contributed by atoms with Gasteiger partial charge in [-0.1, -0.05) is 12.1 Å². The number of methoxy groups -OCH3 is 2. The second-order valence-electron chi connectivity index (χ2n) is 6.48. The number of nitro groups is 1. The zero-order valence-corrected chi connectivity index (χ0v) is 17.8. The van der Waals surface area contributed by atoms with Crippen LogP contribution in [0.4, 0.5) is 5.69 Å². The summed E-state index contributed by atoms with van der Waals surface area (Å²) >= 11 is 6.22. The lowest BCUT2D eigenvalue weighted by Crippen LogP contribution is -2.19. The molecule has 0 aliphatic carbocycles. The van der Waals surface area contributed by atoms with Crippen molar-refractivity contribution in [1.29, 1.82) is 0 Å². The first-order valence-corrected chi connectivity index (χ1v) is 9.59. The third-order valence-corrected chi connectivity index (χ3v) is 4.62. The largest absolute Gasteiger partial charge is 0.492 e. The van der Waals surface area contributed by atoms with Crippen molar-refractivity contribution >= 4 is 29.4 Å². The number of hydrogen-bond donors (Lipinski definition) is 1. The van der Waals surface area contributed by atoms with E-state index in [0.29, 0.717) is 40.5 Å². The Balaban J connectivity index is 2.00. The zero-order valence-electron chi connectivity index (χ0n) is 17.0. The molecule has 0 saturated heterocycles. The number of para-hydroxylation sites is 1. The topological polar surface area (TPSA) is 122 Å². The average molecular weight is 450 g/mol. The molecule has 0 fully saturated rings. The molecule has 11 heteroatoms. The van der Waals surface area contributed by atoms with Crippen molar-refractivity contribution in [3.05, 3.63) is 51.1 Å². The third kappa shape index (κ3) is 4.48. The first-order chi connectivity index (χ1) is 14.9. The standard InChI is InChI=1S/C20H20ClN3O7/c1-11(21)8-13-14(17(29-3)19-18(16(13)28-2)30-10-31-19)9-22-23-20(25)12-6-4-5-7-15(12)24(26)27/h4-7,9,11H,8,10H2,1-3H3,(H,23,25)/b22-9-/t11-/m1/s1. The van der Waals surface area contributed by atoms with E-state index < -0.39 is 10.8 Å². The van der Waals surface area contributed by atoms with Gasteiger partial charge in [-0.15, -0.1) is 11.6 Å². The molecule has 0 aromatic heterocycles. The lowest BCUT2D eigenvalue weighted by molar-refractivity contribution is -0.385. The highest BCUT2D eigenvalue weighted by molar-refractivity contribution is 6.20. The number of carbonyl (C=O) groups is 1. The first kappa shape index (κ1) is 22.2. The van der Waals surface area contributed by atoms with Crippen molar-refractivity contribution in [3.8, 4) is 23.0 Å². The maximum atomic E-state index is 12.4. The van der Waals surface area contributed by atoms with Gasteiger partial charge in [0.2, 0.25) is 18.3 Å². The van der Waals surface area contributed by atoms with Gasteiger partial charge in [-0.05, 0) is 19.4 Å². The van der Waals surface area contributed by atoms with Crippen molar-refractivity contribution in [2.45, 2.75) is 18.7 Å². The molecule has 1 atom stereocenters. The molecule has 164 valence electrons. The van der Waals surface area contributed by atoms with Gasteiger partial charge in [0.25, 0.3) is 11.6 Å². The number of rotatable bonds is 8. The van der Waals surface area contributed by atoms with Gasteiger partial charge in [0, 0.05) is 22.6 Å². The van der Waals surface area contributed by atoms with E-state index in [9.17, 15) is 14.9 Å². The summed E-state index contributed by atoms with van der Waals surface area (Å²) in [4.78, 5) is 23.0. The highest BCUT2D eigenvalue weighted by atomic mass is 35.5. The summed E-state index contributed by atoms with van der Waals surface area (Å²) < 4.78 is 22.1. The fourth-order valence-electron chi connectivity index (χ4n) is 3.21. The molecule has 1 amide bonds. The second-order valence-corrected chi connectivity index (χ2v) is 7.23. The molecule has 0 spiro atoms. The number of hydrazone groups is 1. The normalized spacial score (nSPS) is 13.2. The fourth-order valence-corrected chi connectivity index (χ4v) is 3.37. The molecule has 31 heavy (non-hydrogen) atoms. The van der Waals surface area contributed by atoms with Crippen LogP contribution in [-0.2, 0) is 6.42 Å². The number of nitrogens with zero attached hydrogens (tertiary/aromatic N) is 2. The molecular formula is C20H20ClN3O7. The Morgan fingerprint density at radius 3 is 2.55 bits per heavy atom. The van der Waals surface area contributed by atoms with Crippen LogP contribution >= 0.6 is 11.6 Å². The molecule has 10 nitrogen and oxygen atoms in total. The first-order valence-electron chi connectivity index (χ1n) is 9.16. The SMILES string of the molecule is COc1c(/C=N\NC(=O)c2ccccc2[N+](=O)[O-])c(C[C@@H](C)Cl)c(OC)c2c1OCO2. The maximum Gasteiger partial charge on any atom is 0.282 e. The summed E-state index contributed by atoms with van der Waals surface area (Å²) in [6.07, 6.45) is 1.74. The number of amides is 1. The Morgan fingerprint density at radius 2 is 1.94 bits per heavy atom. The van der Waals surface area contributed by atoms with Crippen LogP contribution in [0.1, 0.15) is 28.4 Å². The van der Waals surface area contributed by atoms with Crippen LogP contribution < -0.4 is 24.4 Å². The van der Waals surface area contributed by atoms with E-state index in [4.69, 9.17) is 30.5 Å². The van der Waals surface area contributed by atoms with Crippen molar-refractivity contribution < 1.29 is 28.7 Å². The molecule has 1 aliphatic rings. The molecule has 0 bridgehead atoms. The van der Waals surface area contributed by atoms with Crippen LogP contribution in [0.3, 0.4) is 0 Å². The molecular weight excluding hydrogens is 430 g/mol. The quantitative estimate of drug-likeness (QED) is 0.284. The summed E-state index contributed by atoms with van der Waals surface area (Å²) in [6, 6.07) is 5.58. The number of ether oxygens (including phenoxy) is 4. The highest BCUT2D eigenvalue weighted by Crippen LogP contribution is 2.52. The molecule has 2 aromatic rings. The Morgan fingerprint density at radius 1 is 1.29 bits per heavy atom. The summed E-state index contributed by atoms with van der Waals surface area (Å²) in [5.41, 5.74) is 2.98. The van der Waals surface area contributed by atoms with Gasteiger partial charge in [0.15, 0.2) is 11.5 Å². The minimum absolute atomic E-state index is 0.00702. The number of halogens is 1. The van der Waals surface area contributed by atoms with E-state index in [-0.39, 0.29) is 23.4 Å². The number of nitrogens with one attached hydrogen (secondary N) is 1. The van der Waals surface area contributed by atoms with E-state index in [2.05, 4.69) is 10.5 Å². The number of fused-ring (bicyclic) bond motifs is 1. The smallest absolute Gasteiger partial charge is 0.282 e. The predicted octanol–water partition coefficient (Wildman–Crippen LogP) is 3.27. The monoisotopic (exact) mass is 449 g/mol. The minimum atomic E-state index is -0.734. The van der Waals surface area contributed by atoms with Crippen LogP contribution in [0.15, 0.2) is 29.4 Å². The van der Waals surface area contributed by atoms with Gasteiger partial charge < -0.3 is 18.9 Å². The maximum absolute atomic E-state index is 12.4. The van der Waals surface area contributed by atoms with Gasteiger partial charge in [-0.2, -0.15) is 5.10 Å². The van der Waals surface area contributed by atoms with E-state index in [1.165, 1.54) is 44.7 Å². The van der Waals surface area contributed by atoms with Crippen molar-refractivity contribution in [2.24, 2.45) is 5.10 Å². The average Bonchev–Trinajstić information content (AvgIpc) is 3.22. The number of alkyl halides is 1. The van der Waals surface area contributed by atoms with Crippen LogP contribution in [0, 0.1) is 10.1 Å². The molecule has 0 saturated carbocycles. The third-order valence-electron chi connectivity index (χ3n) is 4.47. The van der Waals surface area contributed by atoms with Crippen molar-refractivity contribution in [3.63, 3.8) is 0 Å². The predicted molar refractivity (Wildman–Crippen MR) is 113 cm³/mol. The second kappa shape index (κ2) is 9.52. The fraction of sp³-hybridized carbons (Fsp3) is 0.300. The van der Waals surface area contributed by atoms with Gasteiger partial charge in [0.1, 0.15) is 5.56 Å². The number of nitro benzene ring substituents is 1. The summed E-state index contributed by atoms with van der Waals surface area (Å²) in [7, 11) is 2.95. The zero-order chi connectivity index (χ0) is 22.5. The number of carbonyl (C=O) groups excluding carboxylic acids is 1. The molecule has 2 aromatic carbocycles. The van der Waals surface area contributed by atoms with E-state index in [1.54, 1.807) is 0 Å². The van der Waals surface area contributed by atoms with Crippen LogP contribution in [0.2, 0.25) is 0 Å². The van der Waals surface area contributed by atoms with Crippen LogP contribution in [-0.4, -0.2) is 43.4 Å². The van der Waals surface area contributed by atoms with Crippen molar-refractivity contribution in [1.82, 2.24) is 5.43 Å². The van der Waals surface area contributed by atoms with Crippen molar-refractivity contribution in [2.75, 3.05) is 21.0 Å². The van der Waals surface area contributed by atoms with Gasteiger partial charge in [-0.3, -0.25) is 14.9 Å². The van der Waals surface area contributed by atoms with E-state index >= 15 is 0 Å². The summed E-state index contributed by atoms with van der Waals surface area (Å²) in [6.45, 7) is 1.81. The molecule has 1 N–H and O–H groups in total. The van der Waals surface area contributed by atoms with Crippen LogP contribution in [0.5, 0.6) is 23.0 Å². The Hall–Kier alpha value is -3.53. The van der Waals surface area contributed by atoms with E-state index in [1.807, 2.05) is 6.92 Å². The molecule has 0 radical (unpaired) electrons. The number of hydrogen-bond acceptors (Lipinski definition) is 8. The lowest BCUT2D eigenvalue weighted by atomic mass is 9.99. The molecule has 3 rings (SSSR count).